The third-order valence-electron chi connectivity index (χ3n) is 6.15. The Morgan fingerprint density at radius 2 is 1.76 bits per heavy atom. The van der Waals surface area contributed by atoms with E-state index in [2.05, 4.69) is 0 Å². The first-order valence-electron chi connectivity index (χ1n) is 10.0. The van der Waals surface area contributed by atoms with Gasteiger partial charge >= 0.3 is 6.18 Å². The fourth-order valence-electron chi connectivity index (χ4n) is 4.14. The Hall–Kier alpha value is -1.80. The SMILES string of the molecule is CCOCC1(O)CCC2(CCN(c3ccc(O[C@H](C)C(F)(F)F)cc3)C2=O)CC1. The van der Waals surface area contributed by atoms with Crippen LogP contribution < -0.4 is 9.64 Å². The number of rotatable bonds is 6. The van der Waals surface area contributed by atoms with E-state index < -0.39 is 23.3 Å². The molecule has 5 nitrogen and oxygen atoms in total. The van der Waals surface area contributed by atoms with E-state index in [0.717, 1.165) is 6.92 Å². The maximum atomic E-state index is 13.1. The molecule has 1 N–H and O–H groups in total. The number of alkyl halides is 3. The second-order valence-electron chi connectivity index (χ2n) is 8.14. The average Bonchev–Trinajstić information content (AvgIpc) is 2.99. The van der Waals surface area contributed by atoms with E-state index in [1.165, 1.54) is 12.1 Å². The van der Waals surface area contributed by atoms with Crippen molar-refractivity contribution >= 4 is 11.6 Å². The number of amides is 1. The summed E-state index contributed by atoms with van der Waals surface area (Å²) in [5.74, 6) is 0.131. The zero-order chi connectivity index (χ0) is 21.3. The lowest BCUT2D eigenvalue weighted by atomic mass is 9.68. The van der Waals surface area contributed by atoms with Crippen molar-refractivity contribution in [3.8, 4) is 5.75 Å². The third-order valence-corrected chi connectivity index (χ3v) is 6.15. The van der Waals surface area contributed by atoms with Crippen molar-refractivity contribution < 1.29 is 32.5 Å². The minimum absolute atomic E-state index is 0.0216. The van der Waals surface area contributed by atoms with Crippen LogP contribution in [0.15, 0.2) is 24.3 Å². The monoisotopic (exact) mass is 415 g/mol. The molecule has 1 saturated carbocycles. The van der Waals surface area contributed by atoms with Gasteiger partial charge in [0, 0.05) is 18.8 Å². The maximum Gasteiger partial charge on any atom is 0.425 e. The molecule has 3 rings (SSSR count). The summed E-state index contributed by atoms with van der Waals surface area (Å²) in [5, 5.41) is 10.6. The molecule has 1 aliphatic carbocycles. The van der Waals surface area contributed by atoms with Crippen LogP contribution in [-0.4, -0.2) is 48.7 Å². The molecule has 0 unspecified atom stereocenters. The van der Waals surface area contributed by atoms with Crippen LogP contribution >= 0.6 is 0 Å². The van der Waals surface area contributed by atoms with Crippen LogP contribution in [0.2, 0.25) is 0 Å². The standard InChI is InChI=1S/C21H28F3NO4/c1-3-28-14-20(27)10-8-19(9-11-20)12-13-25(18(19)26)16-4-6-17(7-5-16)29-15(2)21(22,23)24/h4-7,15,27H,3,8-14H2,1-2H3/t15-,19?,20?/m1/s1. The van der Waals surface area contributed by atoms with Crippen LogP contribution in [-0.2, 0) is 9.53 Å². The van der Waals surface area contributed by atoms with Crippen molar-refractivity contribution in [3.63, 3.8) is 0 Å². The highest BCUT2D eigenvalue weighted by molar-refractivity contribution is 6.00. The van der Waals surface area contributed by atoms with Gasteiger partial charge in [-0.2, -0.15) is 13.2 Å². The summed E-state index contributed by atoms with van der Waals surface area (Å²) in [4.78, 5) is 14.8. The minimum Gasteiger partial charge on any atom is -0.481 e. The molecule has 1 atom stereocenters. The van der Waals surface area contributed by atoms with Gasteiger partial charge in [0.2, 0.25) is 5.91 Å². The second-order valence-corrected chi connectivity index (χ2v) is 8.14. The fraction of sp³-hybridized carbons (Fsp3) is 0.667. The number of aliphatic hydroxyl groups is 1. The van der Waals surface area contributed by atoms with E-state index in [1.807, 2.05) is 6.92 Å². The predicted molar refractivity (Wildman–Crippen MR) is 102 cm³/mol. The van der Waals surface area contributed by atoms with Crippen LogP contribution in [0.3, 0.4) is 0 Å². The van der Waals surface area contributed by atoms with E-state index in [-0.39, 0.29) is 18.3 Å². The molecule has 0 radical (unpaired) electrons. The van der Waals surface area contributed by atoms with Crippen molar-refractivity contribution in [2.45, 2.75) is 63.8 Å². The van der Waals surface area contributed by atoms with Gasteiger partial charge in [0.15, 0.2) is 6.10 Å². The third kappa shape index (κ3) is 4.69. The Kier molecular flexibility index (Phi) is 6.15. The summed E-state index contributed by atoms with van der Waals surface area (Å²) in [5.41, 5.74) is -0.698. The highest BCUT2D eigenvalue weighted by atomic mass is 19.4. The fourth-order valence-corrected chi connectivity index (χ4v) is 4.14. The van der Waals surface area contributed by atoms with E-state index in [4.69, 9.17) is 9.47 Å². The van der Waals surface area contributed by atoms with Gasteiger partial charge in [-0.05, 0) is 70.2 Å². The predicted octanol–water partition coefficient (Wildman–Crippen LogP) is 4.08. The lowest BCUT2D eigenvalue weighted by Gasteiger charge is -2.40. The van der Waals surface area contributed by atoms with Gasteiger partial charge in [0.05, 0.1) is 17.6 Å². The van der Waals surface area contributed by atoms with Crippen molar-refractivity contribution in [1.29, 1.82) is 0 Å². The molecule has 2 fully saturated rings. The topological polar surface area (TPSA) is 59.0 Å². The Morgan fingerprint density at radius 1 is 1.14 bits per heavy atom. The molecule has 29 heavy (non-hydrogen) atoms. The van der Waals surface area contributed by atoms with E-state index in [0.29, 0.717) is 50.9 Å². The molecular weight excluding hydrogens is 387 g/mol. The van der Waals surface area contributed by atoms with E-state index in [1.54, 1.807) is 17.0 Å². The molecule has 1 heterocycles. The number of hydrogen-bond acceptors (Lipinski definition) is 4. The van der Waals surface area contributed by atoms with Crippen LogP contribution in [0.4, 0.5) is 18.9 Å². The van der Waals surface area contributed by atoms with E-state index in [9.17, 15) is 23.1 Å². The lowest BCUT2D eigenvalue weighted by molar-refractivity contribution is -0.189. The van der Waals surface area contributed by atoms with Gasteiger partial charge in [0.1, 0.15) is 5.75 Å². The first-order chi connectivity index (χ1) is 13.6. The number of benzene rings is 1. The average molecular weight is 415 g/mol. The van der Waals surface area contributed by atoms with Gasteiger partial charge in [-0.15, -0.1) is 0 Å². The summed E-state index contributed by atoms with van der Waals surface area (Å²) >= 11 is 0. The molecule has 1 amide bonds. The molecule has 1 spiro atoms. The van der Waals surface area contributed by atoms with Crippen LogP contribution in [0.1, 0.15) is 46.0 Å². The molecule has 162 valence electrons. The number of nitrogens with zero attached hydrogens (tertiary/aromatic N) is 1. The highest BCUT2D eigenvalue weighted by Gasteiger charge is 2.51. The highest BCUT2D eigenvalue weighted by Crippen LogP contribution is 2.48. The van der Waals surface area contributed by atoms with Crippen molar-refractivity contribution in [2.75, 3.05) is 24.7 Å². The van der Waals surface area contributed by atoms with Crippen molar-refractivity contribution in [1.82, 2.24) is 0 Å². The second kappa shape index (κ2) is 8.14. The van der Waals surface area contributed by atoms with Gasteiger partial charge in [-0.25, -0.2) is 0 Å². The van der Waals surface area contributed by atoms with Crippen molar-refractivity contribution in [3.05, 3.63) is 24.3 Å². The molecule has 8 heteroatoms. The summed E-state index contributed by atoms with van der Waals surface area (Å²) < 4.78 is 48.2. The van der Waals surface area contributed by atoms with Gasteiger partial charge < -0.3 is 19.5 Å². The number of anilines is 1. The summed E-state index contributed by atoms with van der Waals surface area (Å²) in [6.45, 7) is 4.22. The molecule has 1 aromatic rings. The number of hydrogen-bond donors (Lipinski definition) is 1. The Bertz CT molecular complexity index is 712. The number of carbonyl (C=O) groups excluding carboxylic acids is 1. The largest absolute Gasteiger partial charge is 0.481 e. The molecule has 0 aromatic heterocycles. The Labute approximate surface area is 168 Å². The van der Waals surface area contributed by atoms with Crippen LogP contribution in [0, 0.1) is 5.41 Å². The summed E-state index contributed by atoms with van der Waals surface area (Å²) in [6.07, 6.45) is -3.36. The molecular formula is C21H28F3NO4. The molecule has 2 aliphatic rings. The number of halogens is 3. The Morgan fingerprint density at radius 3 is 2.31 bits per heavy atom. The first kappa shape index (κ1) is 21.9. The van der Waals surface area contributed by atoms with E-state index >= 15 is 0 Å². The van der Waals surface area contributed by atoms with Gasteiger partial charge in [0.25, 0.3) is 0 Å². The first-order valence-corrected chi connectivity index (χ1v) is 10.0. The normalized spacial score (nSPS) is 28.8. The zero-order valence-corrected chi connectivity index (χ0v) is 16.8. The summed E-state index contributed by atoms with van der Waals surface area (Å²) in [6, 6.07) is 6.14. The van der Waals surface area contributed by atoms with Crippen molar-refractivity contribution in [2.24, 2.45) is 5.41 Å². The smallest absolute Gasteiger partial charge is 0.425 e. The summed E-state index contributed by atoms with van der Waals surface area (Å²) in [7, 11) is 0. The lowest BCUT2D eigenvalue weighted by Crippen LogP contribution is -2.45. The minimum atomic E-state index is -4.43. The zero-order valence-electron chi connectivity index (χ0n) is 16.8. The Balaban J connectivity index is 1.63. The number of ether oxygens (including phenoxy) is 2. The molecule has 1 aliphatic heterocycles. The maximum absolute atomic E-state index is 13.1. The quantitative estimate of drug-likeness (QED) is 0.761. The molecule has 1 aromatic carbocycles. The van der Waals surface area contributed by atoms with Gasteiger partial charge in [-0.1, -0.05) is 0 Å². The van der Waals surface area contributed by atoms with Crippen LogP contribution in [0.5, 0.6) is 5.75 Å². The van der Waals surface area contributed by atoms with Gasteiger partial charge in [-0.3, -0.25) is 4.79 Å². The number of carbonyl (C=O) groups is 1. The molecule has 1 saturated heterocycles. The van der Waals surface area contributed by atoms with Crippen LogP contribution in [0.25, 0.3) is 0 Å². The molecule has 0 bridgehead atoms.